The van der Waals surface area contributed by atoms with Crippen molar-refractivity contribution >= 4 is 23.4 Å². The first kappa shape index (κ1) is 25.5. The number of hydrogen-bond acceptors (Lipinski definition) is 2. The normalized spacial score (nSPS) is 12.6. The third kappa shape index (κ3) is 7.19. The molecule has 0 saturated heterocycles. The van der Waals surface area contributed by atoms with E-state index < -0.39 is 6.04 Å². The fraction of sp³-hybridized carbons (Fsp3) is 0.310. The maximum absolute atomic E-state index is 13.7. The molecule has 0 aromatic heterocycles. The molecule has 0 aliphatic carbocycles. The molecule has 0 heterocycles. The quantitative estimate of drug-likeness (QED) is 0.405. The minimum absolute atomic E-state index is 0.0191. The summed E-state index contributed by atoms with van der Waals surface area (Å²) in [5.74, 6) is -0.272. The van der Waals surface area contributed by atoms with Crippen LogP contribution in [0.4, 0.5) is 0 Å². The Labute approximate surface area is 207 Å². The summed E-state index contributed by atoms with van der Waals surface area (Å²) in [5, 5.41) is 3.65. The van der Waals surface area contributed by atoms with Crippen LogP contribution in [0.5, 0.6) is 0 Å². The van der Waals surface area contributed by atoms with Crippen LogP contribution in [0.25, 0.3) is 0 Å². The lowest BCUT2D eigenvalue weighted by molar-refractivity contribution is -0.141. The van der Waals surface area contributed by atoms with E-state index in [4.69, 9.17) is 11.6 Å². The van der Waals surface area contributed by atoms with E-state index in [1.54, 1.807) is 11.0 Å². The molecule has 0 radical (unpaired) electrons. The Bertz CT molecular complexity index is 1080. The smallest absolute Gasteiger partial charge is 0.243 e. The zero-order valence-corrected chi connectivity index (χ0v) is 20.9. The van der Waals surface area contributed by atoms with Gasteiger partial charge in [-0.05, 0) is 43.0 Å². The van der Waals surface area contributed by atoms with Crippen LogP contribution in [0.15, 0.2) is 78.9 Å². The molecule has 178 valence electrons. The Morgan fingerprint density at radius 1 is 0.912 bits per heavy atom. The molecule has 5 heteroatoms. The van der Waals surface area contributed by atoms with Crippen molar-refractivity contribution < 1.29 is 9.59 Å². The third-order valence-electron chi connectivity index (χ3n) is 6.05. The summed E-state index contributed by atoms with van der Waals surface area (Å²) in [4.78, 5) is 28.9. The number of hydrogen-bond donors (Lipinski definition) is 1. The fourth-order valence-corrected chi connectivity index (χ4v) is 3.99. The highest BCUT2D eigenvalue weighted by Crippen LogP contribution is 2.20. The molecule has 0 bridgehead atoms. The van der Waals surface area contributed by atoms with Gasteiger partial charge in [0.15, 0.2) is 0 Å². The Balaban J connectivity index is 1.97. The highest BCUT2D eigenvalue weighted by atomic mass is 35.5. The Morgan fingerprint density at radius 2 is 1.56 bits per heavy atom. The van der Waals surface area contributed by atoms with Crippen LogP contribution in [0.3, 0.4) is 0 Å². The minimum Gasteiger partial charge on any atom is -0.352 e. The molecule has 0 unspecified atom stereocenters. The molecule has 0 fully saturated rings. The van der Waals surface area contributed by atoms with E-state index in [1.807, 2.05) is 93.6 Å². The van der Waals surface area contributed by atoms with Gasteiger partial charge in [0.05, 0.1) is 6.42 Å². The van der Waals surface area contributed by atoms with Crippen molar-refractivity contribution in [3.05, 3.63) is 106 Å². The van der Waals surface area contributed by atoms with Gasteiger partial charge in [-0.15, -0.1) is 0 Å². The van der Waals surface area contributed by atoms with E-state index in [9.17, 15) is 9.59 Å². The summed E-state index contributed by atoms with van der Waals surface area (Å²) in [6, 6.07) is 24.6. The van der Waals surface area contributed by atoms with Gasteiger partial charge < -0.3 is 10.2 Å². The van der Waals surface area contributed by atoms with E-state index in [1.165, 1.54) is 0 Å². The number of nitrogens with one attached hydrogen (secondary N) is 1. The molecule has 4 nitrogen and oxygen atoms in total. The summed E-state index contributed by atoms with van der Waals surface area (Å²) in [6.45, 7) is 6.38. The lowest BCUT2D eigenvalue weighted by atomic mass is 10.0. The number of halogens is 1. The van der Waals surface area contributed by atoms with Crippen molar-refractivity contribution in [2.45, 2.75) is 58.7 Å². The fourth-order valence-electron chi connectivity index (χ4n) is 3.79. The van der Waals surface area contributed by atoms with E-state index in [0.29, 0.717) is 18.0 Å². The molecule has 3 aromatic carbocycles. The Morgan fingerprint density at radius 3 is 2.21 bits per heavy atom. The molecule has 1 N–H and O–H groups in total. The van der Waals surface area contributed by atoms with Crippen molar-refractivity contribution in [2.24, 2.45) is 0 Å². The average molecular weight is 477 g/mol. The van der Waals surface area contributed by atoms with Crippen LogP contribution in [-0.4, -0.2) is 28.8 Å². The predicted octanol–water partition coefficient (Wildman–Crippen LogP) is 5.75. The summed E-state index contributed by atoms with van der Waals surface area (Å²) < 4.78 is 0. The second-order valence-electron chi connectivity index (χ2n) is 8.80. The van der Waals surface area contributed by atoms with Gasteiger partial charge in [0.2, 0.25) is 11.8 Å². The van der Waals surface area contributed by atoms with Crippen molar-refractivity contribution in [1.29, 1.82) is 0 Å². The molecule has 34 heavy (non-hydrogen) atoms. The van der Waals surface area contributed by atoms with Crippen LogP contribution in [-0.2, 0) is 29.0 Å². The Kier molecular flexibility index (Phi) is 9.29. The number of carbonyl (C=O) groups excluding carboxylic acids is 2. The van der Waals surface area contributed by atoms with Crippen LogP contribution in [0.2, 0.25) is 5.02 Å². The van der Waals surface area contributed by atoms with Crippen LogP contribution < -0.4 is 5.32 Å². The number of rotatable bonds is 10. The molecule has 0 saturated carbocycles. The van der Waals surface area contributed by atoms with Crippen molar-refractivity contribution in [3.8, 4) is 0 Å². The molecule has 3 rings (SSSR count). The van der Waals surface area contributed by atoms with E-state index >= 15 is 0 Å². The predicted molar refractivity (Wildman–Crippen MR) is 139 cm³/mol. The lowest BCUT2D eigenvalue weighted by Gasteiger charge is -2.32. The van der Waals surface area contributed by atoms with Gasteiger partial charge in [-0.1, -0.05) is 96.9 Å². The number of aryl methyl sites for hydroxylation is 1. The molecular weight excluding hydrogens is 444 g/mol. The van der Waals surface area contributed by atoms with E-state index in [0.717, 1.165) is 28.7 Å². The zero-order chi connectivity index (χ0) is 24.5. The van der Waals surface area contributed by atoms with Crippen LogP contribution in [0, 0.1) is 6.92 Å². The lowest BCUT2D eigenvalue weighted by Crippen LogP contribution is -2.52. The first-order valence-electron chi connectivity index (χ1n) is 11.8. The van der Waals surface area contributed by atoms with Crippen molar-refractivity contribution in [1.82, 2.24) is 10.2 Å². The summed E-state index contributed by atoms with van der Waals surface area (Å²) in [6.07, 6.45) is 1.38. The van der Waals surface area contributed by atoms with Gasteiger partial charge >= 0.3 is 0 Å². The first-order chi connectivity index (χ1) is 16.4. The zero-order valence-electron chi connectivity index (χ0n) is 20.1. The number of benzene rings is 3. The van der Waals surface area contributed by atoms with Crippen LogP contribution >= 0.6 is 11.6 Å². The van der Waals surface area contributed by atoms with E-state index in [-0.39, 0.29) is 24.3 Å². The number of nitrogens with zero attached hydrogens (tertiary/aromatic N) is 1. The van der Waals surface area contributed by atoms with Crippen molar-refractivity contribution in [3.63, 3.8) is 0 Å². The highest BCUT2D eigenvalue weighted by Gasteiger charge is 2.31. The van der Waals surface area contributed by atoms with Gasteiger partial charge in [0.1, 0.15) is 6.04 Å². The van der Waals surface area contributed by atoms with Crippen molar-refractivity contribution in [2.75, 3.05) is 0 Å². The van der Waals surface area contributed by atoms with Gasteiger partial charge in [0.25, 0.3) is 0 Å². The maximum Gasteiger partial charge on any atom is 0.243 e. The van der Waals surface area contributed by atoms with Gasteiger partial charge in [-0.2, -0.15) is 0 Å². The summed E-state index contributed by atoms with van der Waals surface area (Å²) in [5.41, 5.74) is 3.88. The second kappa shape index (κ2) is 12.4. The van der Waals surface area contributed by atoms with E-state index in [2.05, 4.69) is 5.32 Å². The molecule has 2 amide bonds. The molecule has 0 aliphatic heterocycles. The maximum atomic E-state index is 13.7. The monoisotopic (exact) mass is 476 g/mol. The summed E-state index contributed by atoms with van der Waals surface area (Å²) in [7, 11) is 0. The topological polar surface area (TPSA) is 49.4 Å². The molecule has 0 aliphatic rings. The average Bonchev–Trinajstić information content (AvgIpc) is 2.84. The van der Waals surface area contributed by atoms with Gasteiger partial charge in [-0.25, -0.2) is 0 Å². The first-order valence-corrected chi connectivity index (χ1v) is 12.2. The highest BCUT2D eigenvalue weighted by molar-refractivity contribution is 6.31. The van der Waals surface area contributed by atoms with Crippen LogP contribution in [0.1, 0.15) is 42.5 Å². The standard InChI is InChI=1S/C29H33ClN2O2/c1-4-22(3)31-29(34)27(18-23-10-6-5-7-11-23)32(20-24-16-14-21(2)15-17-24)28(33)19-25-12-8-9-13-26(25)30/h5-17,22,27H,4,18-20H2,1-3H3,(H,31,34)/t22-,27+/m1/s1. The minimum atomic E-state index is -0.646. The largest absolute Gasteiger partial charge is 0.352 e. The second-order valence-corrected chi connectivity index (χ2v) is 9.21. The number of amides is 2. The third-order valence-corrected chi connectivity index (χ3v) is 6.41. The van der Waals surface area contributed by atoms with Gasteiger partial charge in [-0.3, -0.25) is 9.59 Å². The molecule has 0 spiro atoms. The Hall–Kier alpha value is -3.11. The van der Waals surface area contributed by atoms with Gasteiger partial charge in [0, 0.05) is 24.0 Å². The molecule has 2 atom stereocenters. The number of carbonyl (C=O) groups is 2. The summed E-state index contributed by atoms with van der Waals surface area (Å²) >= 11 is 6.36. The molecular formula is C29H33ClN2O2. The SMILES string of the molecule is CC[C@@H](C)NC(=O)[C@H](Cc1ccccc1)N(Cc1ccc(C)cc1)C(=O)Cc1ccccc1Cl. The molecule has 3 aromatic rings.